The highest BCUT2D eigenvalue weighted by molar-refractivity contribution is 5.93. The van der Waals surface area contributed by atoms with Crippen molar-refractivity contribution in [3.8, 4) is 5.75 Å². The Balaban J connectivity index is 1.60. The number of phenols is 1. The van der Waals surface area contributed by atoms with Crippen LogP contribution in [0.4, 0.5) is 0 Å². The maximum atomic E-state index is 12.7. The molecule has 1 aromatic carbocycles. The van der Waals surface area contributed by atoms with E-state index < -0.39 is 5.97 Å². The molecule has 4 aliphatic rings. The van der Waals surface area contributed by atoms with E-state index in [9.17, 15) is 9.90 Å². The van der Waals surface area contributed by atoms with Crippen LogP contribution in [0.3, 0.4) is 0 Å². The van der Waals surface area contributed by atoms with Crippen molar-refractivity contribution in [2.75, 3.05) is 0 Å². The highest BCUT2D eigenvalue weighted by atomic mass is 16.6. The van der Waals surface area contributed by atoms with Gasteiger partial charge in [-0.1, -0.05) is 18.7 Å². The van der Waals surface area contributed by atoms with Crippen molar-refractivity contribution in [2.24, 2.45) is 23.7 Å². The van der Waals surface area contributed by atoms with Gasteiger partial charge in [-0.25, -0.2) is 4.79 Å². The van der Waals surface area contributed by atoms with Crippen LogP contribution >= 0.6 is 0 Å². The standard InChI is InChI=1S/C20H24O3/c1-3-12-4-5-18(21)17(11-12)19(22)23-20(2)15-7-13-6-14(9-15)10-16(20)8-13/h3-5,11,13-16,21H,1,6-10H2,2H3. The third-order valence-corrected chi connectivity index (χ3v) is 6.55. The molecule has 5 rings (SSSR count). The quantitative estimate of drug-likeness (QED) is 0.841. The molecule has 0 spiro atoms. The molecule has 0 heterocycles. The number of esters is 1. The lowest BCUT2D eigenvalue weighted by molar-refractivity contribution is -0.165. The largest absolute Gasteiger partial charge is 0.507 e. The summed E-state index contributed by atoms with van der Waals surface area (Å²) in [6.45, 7) is 5.83. The topological polar surface area (TPSA) is 46.5 Å². The maximum Gasteiger partial charge on any atom is 0.342 e. The molecule has 0 unspecified atom stereocenters. The van der Waals surface area contributed by atoms with Crippen LogP contribution in [0.1, 0.15) is 54.9 Å². The van der Waals surface area contributed by atoms with Gasteiger partial charge in [-0.2, -0.15) is 0 Å². The molecule has 4 fully saturated rings. The molecule has 4 saturated carbocycles. The van der Waals surface area contributed by atoms with Crippen LogP contribution in [0.15, 0.2) is 24.8 Å². The summed E-state index contributed by atoms with van der Waals surface area (Å²) in [5.74, 6) is 2.21. The van der Waals surface area contributed by atoms with Gasteiger partial charge < -0.3 is 9.84 Å². The van der Waals surface area contributed by atoms with Crippen LogP contribution < -0.4 is 0 Å². The van der Waals surface area contributed by atoms with E-state index in [4.69, 9.17) is 4.74 Å². The van der Waals surface area contributed by atoms with E-state index in [0.717, 1.165) is 17.4 Å². The number of benzene rings is 1. The molecule has 0 atom stereocenters. The Morgan fingerprint density at radius 3 is 2.39 bits per heavy atom. The fourth-order valence-corrected chi connectivity index (χ4v) is 5.39. The third-order valence-electron chi connectivity index (χ3n) is 6.55. The van der Waals surface area contributed by atoms with Gasteiger partial charge in [-0.3, -0.25) is 0 Å². The summed E-state index contributed by atoms with van der Waals surface area (Å²) in [5, 5.41) is 10.0. The van der Waals surface area contributed by atoms with Crippen LogP contribution in [-0.2, 0) is 4.74 Å². The van der Waals surface area contributed by atoms with E-state index in [1.165, 1.54) is 38.2 Å². The molecule has 3 nitrogen and oxygen atoms in total. The van der Waals surface area contributed by atoms with Crippen molar-refractivity contribution in [3.63, 3.8) is 0 Å². The Kier molecular flexibility index (Phi) is 3.29. The van der Waals surface area contributed by atoms with Crippen LogP contribution in [0.25, 0.3) is 6.08 Å². The third kappa shape index (κ3) is 2.29. The van der Waals surface area contributed by atoms with Crippen LogP contribution in [0, 0.1) is 23.7 Å². The number of aromatic hydroxyl groups is 1. The molecule has 4 aliphatic carbocycles. The van der Waals surface area contributed by atoms with Crippen molar-refractivity contribution in [2.45, 2.75) is 44.6 Å². The van der Waals surface area contributed by atoms with Gasteiger partial charge in [0.1, 0.15) is 16.9 Å². The van der Waals surface area contributed by atoms with Gasteiger partial charge in [0.25, 0.3) is 0 Å². The number of rotatable bonds is 3. The van der Waals surface area contributed by atoms with Crippen molar-refractivity contribution in [3.05, 3.63) is 35.9 Å². The number of carbonyl (C=O) groups excluding carboxylic acids is 1. The van der Waals surface area contributed by atoms with Gasteiger partial charge >= 0.3 is 5.97 Å². The molecule has 0 aliphatic heterocycles. The van der Waals surface area contributed by atoms with Crippen LogP contribution in [0.2, 0.25) is 0 Å². The summed E-state index contributed by atoms with van der Waals surface area (Å²) in [6, 6.07) is 4.93. The second-order valence-corrected chi connectivity index (χ2v) is 7.86. The Labute approximate surface area is 137 Å². The molecule has 0 radical (unpaired) electrons. The lowest BCUT2D eigenvalue weighted by Crippen LogP contribution is -2.58. The van der Waals surface area contributed by atoms with E-state index >= 15 is 0 Å². The SMILES string of the molecule is C=Cc1ccc(O)c(C(=O)OC2(C)C3CC4CC(C3)CC2C4)c1. The van der Waals surface area contributed by atoms with Gasteiger partial charge in [0.05, 0.1) is 0 Å². The van der Waals surface area contributed by atoms with E-state index in [-0.39, 0.29) is 16.9 Å². The Morgan fingerprint density at radius 1 is 1.22 bits per heavy atom. The van der Waals surface area contributed by atoms with Gasteiger partial charge in [-0.05, 0) is 80.4 Å². The van der Waals surface area contributed by atoms with E-state index in [2.05, 4.69) is 13.5 Å². The molecular formula is C20H24O3. The van der Waals surface area contributed by atoms with Crippen LogP contribution in [0.5, 0.6) is 5.75 Å². The fraction of sp³-hybridized carbons (Fsp3) is 0.550. The van der Waals surface area contributed by atoms with Crippen molar-refractivity contribution in [1.82, 2.24) is 0 Å². The van der Waals surface area contributed by atoms with Crippen LogP contribution in [-0.4, -0.2) is 16.7 Å². The lowest BCUT2D eigenvalue weighted by Gasteiger charge is -2.59. The zero-order valence-electron chi connectivity index (χ0n) is 13.6. The summed E-state index contributed by atoms with van der Waals surface area (Å²) in [4.78, 5) is 12.7. The zero-order valence-corrected chi connectivity index (χ0v) is 13.6. The average molecular weight is 312 g/mol. The predicted molar refractivity (Wildman–Crippen MR) is 89.1 cm³/mol. The first-order chi connectivity index (χ1) is 11.0. The van der Waals surface area contributed by atoms with Gasteiger partial charge in [-0.15, -0.1) is 0 Å². The van der Waals surface area contributed by atoms with Crippen molar-refractivity contribution < 1.29 is 14.6 Å². The Hall–Kier alpha value is -1.77. The monoisotopic (exact) mass is 312 g/mol. The first-order valence-corrected chi connectivity index (χ1v) is 8.68. The minimum Gasteiger partial charge on any atom is -0.507 e. The Morgan fingerprint density at radius 2 is 1.83 bits per heavy atom. The smallest absolute Gasteiger partial charge is 0.342 e. The molecule has 23 heavy (non-hydrogen) atoms. The molecule has 1 aromatic rings. The highest BCUT2D eigenvalue weighted by Gasteiger charge is 2.57. The number of hydrogen-bond donors (Lipinski definition) is 1. The van der Waals surface area contributed by atoms with E-state index in [0.29, 0.717) is 11.8 Å². The normalized spacial score (nSPS) is 37.6. The maximum absolute atomic E-state index is 12.7. The van der Waals surface area contributed by atoms with Gasteiger partial charge in [0, 0.05) is 0 Å². The van der Waals surface area contributed by atoms with Crippen molar-refractivity contribution in [1.29, 1.82) is 0 Å². The number of phenolic OH excluding ortho intramolecular Hbond substituents is 1. The summed E-state index contributed by atoms with van der Waals surface area (Å²) >= 11 is 0. The van der Waals surface area contributed by atoms with Gasteiger partial charge in [0.2, 0.25) is 0 Å². The minimum absolute atomic E-state index is 0.0204. The summed E-state index contributed by atoms with van der Waals surface area (Å²) in [5.41, 5.74) is 0.684. The first-order valence-electron chi connectivity index (χ1n) is 8.68. The molecule has 0 aromatic heterocycles. The number of ether oxygens (including phenoxy) is 1. The van der Waals surface area contributed by atoms with Gasteiger partial charge in [0.15, 0.2) is 0 Å². The molecule has 0 amide bonds. The molecule has 122 valence electrons. The van der Waals surface area contributed by atoms with E-state index in [1.807, 2.05) is 0 Å². The molecule has 3 heteroatoms. The molecular weight excluding hydrogens is 288 g/mol. The summed E-state index contributed by atoms with van der Waals surface area (Å²) in [6.07, 6.45) is 7.80. The zero-order chi connectivity index (χ0) is 16.2. The number of hydrogen-bond acceptors (Lipinski definition) is 3. The molecule has 0 saturated heterocycles. The molecule has 4 bridgehead atoms. The highest BCUT2D eigenvalue weighted by Crippen LogP contribution is 2.59. The summed E-state index contributed by atoms with van der Waals surface area (Å²) in [7, 11) is 0. The second kappa shape index (κ2) is 5.12. The van der Waals surface area contributed by atoms with E-state index in [1.54, 1.807) is 18.2 Å². The second-order valence-electron chi connectivity index (χ2n) is 7.86. The average Bonchev–Trinajstić information content (AvgIpc) is 2.52. The Bertz CT molecular complexity index is 633. The first kappa shape index (κ1) is 14.8. The molecule has 1 N–H and O–H groups in total. The predicted octanol–water partition coefficient (Wildman–Crippen LogP) is 4.41. The minimum atomic E-state index is -0.402. The van der Waals surface area contributed by atoms with Crippen molar-refractivity contribution >= 4 is 12.0 Å². The lowest BCUT2D eigenvalue weighted by atomic mass is 9.50. The fourth-order valence-electron chi connectivity index (χ4n) is 5.39. The summed E-state index contributed by atoms with van der Waals surface area (Å²) < 4.78 is 6.05. The number of carbonyl (C=O) groups is 1.